The summed E-state index contributed by atoms with van der Waals surface area (Å²) in [5.74, 6) is 0. The highest BCUT2D eigenvalue weighted by molar-refractivity contribution is 5.42. The second-order valence-electron chi connectivity index (χ2n) is 5.67. The number of rotatable bonds is 8. The molecule has 0 amide bonds. The van der Waals surface area contributed by atoms with Gasteiger partial charge in [0.1, 0.15) is 0 Å². The number of hydrogen-bond acceptors (Lipinski definition) is 4. The van der Waals surface area contributed by atoms with Crippen molar-refractivity contribution in [2.45, 2.75) is 52.5 Å². The number of fused-ring (bicyclic) bond motifs is 1. The van der Waals surface area contributed by atoms with Gasteiger partial charge in [0.05, 0.1) is 5.69 Å². The molecule has 0 spiro atoms. The molecule has 0 bridgehead atoms. The third-order valence-corrected chi connectivity index (χ3v) is 3.89. The van der Waals surface area contributed by atoms with E-state index in [0.717, 1.165) is 49.3 Å². The van der Waals surface area contributed by atoms with Gasteiger partial charge in [0, 0.05) is 36.2 Å². The molecule has 116 valence electrons. The number of aryl methyl sites for hydroxylation is 2. The van der Waals surface area contributed by atoms with Crippen LogP contribution in [0.15, 0.2) is 12.3 Å². The fourth-order valence-electron chi connectivity index (χ4n) is 2.62. The first-order valence-electron chi connectivity index (χ1n) is 7.79. The molecule has 0 fully saturated rings. The largest absolute Gasteiger partial charge is 0.396 e. The van der Waals surface area contributed by atoms with Crippen molar-refractivity contribution in [3.63, 3.8) is 0 Å². The van der Waals surface area contributed by atoms with Crippen LogP contribution in [0, 0.1) is 13.8 Å². The normalized spacial score (nSPS) is 13.0. The molecule has 1 atom stereocenters. The van der Waals surface area contributed by atoms with Crippen molar-refractivity contribution in [3.05, 3.63) is 29.2 Å². The van der Waals surface area contributed by atoms with Crippen LogP contribution in [-0.2, 0) is 0 Å². The lowest BCUT2D eigenvalue weighted by molar-refractivity contribution is 0.282. The van der Waals surface area contributed by atoms with E-state index in [1.54, 1.807) is 0 Å². The number of nitrogens with zero attached hydrogens (tertiary/aromatic N) is 3. The SMILES string of the molecule is Cc1cc2ncc(C(C)NCCCCCCO)c(C)n2n1. The Labute approximate surface area is 126 Å². The molecule has 0 aliphatic rings. The summed E-state index contributed by atoms with van der Waals surface area (Å²) in [6.45, 7) is 7.54. The van der Waals surface area contributed by atoms with Crippen LogP contribution < -0.4 is 5.32 Å². The van der Waals surface area contributed by atoms with Gasteiger partial charge in [-0.1, -0.05) is 12.8 Å². The number of aliphatic hydroxyl groups is 1. The zero-order valence-corrected chi connectivity index (χ0v) is 13.3. The van der Waals surface area contributed by atoms with E-state index in [9.17, 15) is 0 Å². The molecule has 0 saturated carbocycles. The summed E-state index contributed by atoms with van der Waals surface area (Å²) in [4.78, 5) is 4.49. The Balaban J connectivity index is 1.93. The number of nitrogens with one attached hydrogen (secondary N) is 1. The molecule has 2 aromatic heterocycles. The third-order valence-electron chi connectivity index (χ3n) is 3.89. The van der Waals surface area contributed by atoms with E-state index in [0.29, 0.717) is 6.61 Å². The van der Waals surface area contributed by atoms with Crippen LogP contribution in [0.5, 0.6) is 0 Å². The zero-order chi connectivity index (χ0) is 15.2. The van der Waals surface area contributed by atoms with E-state index in [1.165, 1.54) is 5.56 Å². The van der Waals surface area contributed by atoms with Crippen molar-refractivity contribution in [2.75, 3.05) is 13.2 Å². The number of aliphatic hydroxyl groups excluding tert-OH is 1. The Hall–Kier alpha value is -1.46. The molecular formula is C16H26N4O. The number of aromatic nitrogens is 3. The lowest BCUT2D eigenvalue weighted by Gasteiger charge is -2.16. The summed E-state index contributed by atoms with van der Waals surface area (Å²) < 4.78 is 1.92. The Kier molecular flexibility index (Phi) is 5.70. The summed E-state index contributed by atoms with van der Waals surface area (Å²) >= 11 is 0. The smallest absolute Gasteiger partial charge is 0.155 e. The van der Waals surface area contributed by atoms with Crippen LogP contribution >= 0.6 is 0 Å². The van der Waals surface area contributed by atoms with Gasteiger partial charge in [-0.3, -0.25) is 0 Å². The Morgan fingerprint density at radius 3 is 2.76 bits per heavy atom. The maximum absolute atomic E-state index is 8.75. The monoisotopic (exact) mass is 290 g/mol. The van der Waals surface area contributed by atoms with Gasteiger partial charge in [-0.05, 0) is 40.2 Å². The van der Waals surface area contributed by atoms with Crippen molar-refractivity contribution < 1.29 is 5.11 Å². The molecule has 1 unspecified atom stereocenters. The molecule has 0 radical (unpaired) electrons. The third kappa shape index (κ3) is 4.02. The molecule has 0 aromatic carbocycles. The van der Waals surface area contributed by atoms with Crippen LogP contribution in [0.4, 0.5) is 0 Å². The zero-order valence-electron chi connectivity index (χ0n) is 13.3. The summed E-state index contributed by atoms with van der Waals surface area (Å²) in [6.07, 6.45) is 6.27. The average Bonchev–Trinajstić information content (AvgIpc) is 2.84. The molecule has 0 aliphatic carbocycles. The molecule has 2 heterocycles. The second-order valence-corrected chi connectivity index (χ2v) is 5.67. The van der Waals surface area contributed by atoms with E-state index in [-0.39, 0.29) is 6.04 Å². The molecule has 5 heteroatoms. The minimum Gasteiger partial charge on any atom is -0.396 e. The first kappa shape index (κ1) is 15.9. The van der Waals surface area contributed by atoms with Gasteiger partial charge in [0.25, 0.3) is 0 Å². The van der Waals surface area contributed by atoms with E-state index in [4.69, 9.17) is 5.11 Å². The Bertz CT molecular complexity index is 579. The van der Waals surface area contributed by atoms with Gasteiger partial charge in [-0.2, -0.15) is 5.10 Å². The van der Waals surface area contributed by atoms with E-state index in [1.807, 2.05) is 23.7 Å². The molecule has 21 heavy (non-hydrogen) atoms. The van der Waals surface area contributed by atoms with E-state index >= 15 is 0 Å². The van der Waals surface area contributed by atoms with Crippen LogP contribution in [-0.4, -0.2) is 32.9 Å². The quantitative estimate of drug-likeness (QED) is 0.733. The molecule has 2 N–H and O–H groups in total. The fourth-order valence-corrected chi connectivity index (χ4v) is 2.62. The van der Waals surface area contributed by atoms with Crippen molar-refractivity contribution in [2.24, 2.45) is 0 Å². The molecule has 2 rings (SSSR count). The maximum Gasteiger partial charge on any atom is 0.155 e. The lowest BCUT2D eigenvalue weighted by Crippen LogP contribution is -2.21. The van der Waals surface area contributed by atoms with Gasteiger partial charge < -0.3 is 10.4 Å². The first-order valence-corrected chi connectivity index (χ1v) is 7.79. The second kappa shape index (κ2) is 7.52. The predicted octanol–water partition coefficient (Wildman–Crippen LogP) is 2.55. The van der Waals surface area contributed by atoms with Crippen molar-refractivity contribution >= 4 is 5.65 Å². The van der Waals surface area contributed by atoms with Crippen LogP contribution in [0.25, 0.3) is 5.65 Å². The maximum atomic E-state index is 8.75. The van der Waals surface area contributed by atoms with E-state index < -0.39 is 0 Å². The van der Waals surface area contributed by atoms with Gasteiger partial charge in [0.15, 0.2) is 5.65 Å². The topological polar surface area (TPSA) is 62.5 Å². The van der Waals surface area contributed by atoms with Crippen molar-refractivity contribution in [1.82, 2.24) is 19.9 Å². The van der Waals surface area contributed by atoms with Crippen LogP contribution in [0.1, 0.15) is 55.6 Å². The highest BCUT2D eigenvalue weighted by Crippen LogP contribution is 2.18. The fraction of sp³-hybridized carbons (Fsp3) is 0.625. The number of unbranched alkanes of at least 4 members (excludes halogenated alkanes) is 3. The predicted molar refractivity (Wildman–Crippen MR) is 84.4 cm³/mol. The Morgan fingerprint density at radius 2 is 2.00 bits per heavy atom. The highest BCUT2D eigenvalue weighted by atomic mass is 16.2. The minimum absolute atomic E-state index is 0.268. The summed E-state index contributed by atoms with van der Waals surface area (Å²) in [5.41, 5.74) is 4.24. The molecule has 0 saturated heterocycles. The van der Waals surface area contributed by atoms with E-state index in [2.05, 4.69) is 29.2 Å². The molecular weight excluding hydrogens is 264 g/mol. The van der Waals surface area contributed by atoms with Gasteiger partial charge >= 0.3 is 0 Å². The van der Waals surface area contributed by atoms with Crippen LogP contribution in [0.3, 0.4) is 0 Å². The minimum atomic E-state index is 0.268. The standard InChI is InChI=1S/C16H26N4O/c1-12-10-16-18-11-15(14(3)20(16)19-12)13(2)17-8-6-4-5-7-9-21/h10-11,13,17,21H,4-9H2,1-3H3. The van der Waals surface area contributed by atoms with Gasteiger partial charge in [-0.25, -0.2) is 9.50 Å². The Morgan fingerprint density at radius 1 is 1.24 bits per heavy atom. The summed E-state index contributed by atoms with van der Waals surface area (Å²) in [5, 5.41) is 16.8. The first-order chi connectivity index (χ1) is 10.1. The lowest BCUT2D eigenvalue weighted by atomic mass is 10.1. The van der Waals surface area contributed by atoms with Crippen molar-refractivity contribution in [1.29, 1.82) is 0 Å². The molecule has 5 nitrogen and oxygen atoms in total. The highest BCUT2D eigenvalue weighted by Gasteiger charge is 2.12. The average molecular weight is 290 g/mol. The van der Waals surface area contributed by atoms with Crippen molar-refractivity contribution in [3.8, 4) is 0 Å². The van der Waals surface area contributed by atoms with Crippen LogP contribution in [0.2, 0.25) is 0 Å². The summed E-state index contributed by atoms with van der Waals surface area (Å²) in [6, 6.07) is 2.26. The number of hydrogen-bond donors (Lipinski definition) is 2. The molecule has 2 aromatic rings. The molecule has 0 aliphatic heterocycles. The van der Waals surface area contributed by atoms with Gasteiger partial charge in [-0.15, -0.1) is 0 Å². The van der Waals surface area contributed by atoms with Gasteiger partial charge in [0.2, 0.25) is 0 Å². The summed E-state index contributed by atoms with van der Waals surface area (Å²) in [7, 11) is 0.